The molecule has 2 saturated carbocycles. The van der Waals surface area contributed by atoms with E-state index in [2.05, 4.69) is 33.2 Å². The van der Waals surface area contributed by atoms with E-state index in [0.717, 1.165) is 17.0 Å². The highest BCUT2D eigenvalue weighted by Crippen LogP contribution is 2.65. The van der Waals surface area contributed by atoms with Crippen molar-refractivity contribution in [2.24, 2.45) is 40.6 Å². The molecule has 174 valence electrons. The molecule has 0 unspecified atom stereocenters. The summed E-state index contributed by atoms with van der Waals surface area (Å²) in [6.07, 6.45) is 6.97. The Morgan fingerprint density at radius 3 is 2.44 bits per heavy atom. The zero-order valence-corrected chi connectivity index (χ0v) is 20.7. The van der Waals surface area contributed by atoms with E-state index in [-0.39, 0.29) is 42.1 Å². The maximum Gasteiger partial charge on any atom is 0.254 e. The molecule has 1 saturated heterocycles. The van der Waals surface area contributed by atoms with Crippen LogP contribution in [0.15, 0.2) is 58.1 Å². The van der Waals surface area contributed by atoms with Crippen LogP contribution >= 0.6 is 27.5 Å². The summed E-state index contributed by atoms with van der Waals surface area (Å²) in [7, 11) is 1.55. The molecule has 3 fully saturated rings. The van der Waals surface area contributed by atoms with Gasteiger partial charge in [0.25, 0.3) is 11.8 Å². The predicted octanol–water partition coefficient (Wildman–Crippen LogP) is 5.08. The molecule has 0 spiro atoms. The summed E-state index contributed by atoms with van der Waals surface area (Å²) in [4.78, 5) is 26.2. The summed E-state index contributed by atoms with van der Waals surface area (Å²) in [6, 6.07) is 11.1. The Kier molecular flexibility index (Phi) is 5.30. The summed E-state index contributed by atoms with van der Waals surface area (Å²) in [5.74, 6) is 1.64. The Balaban J connectivity index is 1.21. The number of rotatable bonds is 6. The number of carbonyl (C=O) groups excluding carboxylic acids is 2. The number of imide groups is 1. The third-order valence-corrected chi connectivity index (χ3v) is 8.50. The van der Waals surface area contributed by atoms with Gasteiger partial charge in [0.05, 0.1) is 29.6 Å². The first kappa shape index (κ1) is 21.9. The van der Waals surface area contributed by atoms with Crippen molar-refractivity contribution in [2.45, 2.75) is 13.0 Å². The Morgan fingerprint density at radius 2 is 1.79 bits per heavy atom. The molecule has 1 aliphatic heterocycles. The number of carbonyl (C=O) groups is 2. The van der Waals surface area contributed by atoms with Gasteiger partial charge in [0.15, 0.2) is 11.5 Å². The first-order valence-corrected chi connectivity index (χ1v) is 12.5. The van der Waals surface area contributed by atoms with Gasteiger partial charge in [-0.1, -0.05) is 42.0 Å². The van der Waals surface area contributed by atoms with Crippen LogP contribution in [0, 0.1) is 35.5 Å². The van der Waals surface area contributed by atoms with E-state index in [1.54, 1.807) is 13.2 Å². The van der Waals surface area contributed by atoms with E-state index >= 15 is 0 Å². The Labute approximate surface area is 210 Å². The molecule has 4 aliphatic carbocycles. The molecule has 6 atom stereocenters. The van der Waals surface area contributed by atoms with Crippen molar-refractivity contribution in [3.05, 3.63) is 69.2 Å². The molecule has 8 heteroatoms. The van der Waals surface area contributed by atoms with Gasteiger partial charge in [-0.2, -0.15) is 10.1 Å². The molecule has 2 bridgehead atoms. The Morgan fingerprint density at radius 1 is 1.12 bits per heavy atom. The van der Waals surface area contributed by atoms with Crippen molar-refractivity contribution in [1.82, 2.24) is 5.01 Å². The molecule has 1 heterocycles. The van der Waals surface area contributed by atoms with Gasteiger partial charge in [-0.3, -0.25) is 9.59 Å². The second kappa shape index (κ2) is 8.24. The van der Waals surface area contributed by atoms with Gasteiger partial charge in [-0.25, -0.2) is 0 Å². The van der Waals surface area contributed by atoms with E-state index in [1.165, 1.54) is 6.21 Å². The highest BCUT2D eigenvalue weighted by molar-refractivity contribution is 9.10. The molecule has 2 aromatic rings. The van der Waals surface area contributed by atoms with Crippen LogP contribution in [0.2, 0.25) is 5.02 Å². The number of nitrogens with zero attached hydrogens (tertiary/aromatic N) is 2. The molecule has 5 aliphatic rings. The zero-order valence-electron chi connectivity index (χ0n) is 18.4. The number of hydrogen-bond donors (Lipinski definition) is 0. The summed E-state index contributed by atoms with van der Waals surface area (Å²) in [6.45, 7) is 0.278. The van der Waals surface area contributed by atoms with Crippen LogP contribution in [0.3, 0.4) is 0 Å². The van der Waals surface area contributed by atoms with Crippen LogP contribution in [0.1, 0.15) is 17.5 Å². The third kappa shape index (κ3) is 3.40. The summed E-state index contributed by atoms with van der Waals surface area (Å²) in [5, 5.41) is 6.02. The number of benzene rings is 2. The van der Waals surface area contributed by atoms with Crippen LogP contribution in [0.5, 0.6) is 11.5 Å². The average molecular weight is 542 g/mol. The van der Waals surface area contributed by atoms with Crippen LogP contribution < -0.4 is 9.47 Å². The number of methoxy groups -OCH3 is 1. The highest BCUT2D eigenvalue weighted by Gasteiger charge is 2.67. The SMILES string of the molecule is COc1cc(/C=N\N2C(=O)[C@@H]3[C@H]4C=C[C@@H]([C@@H]5C[C@H]45)[C@@H]3C2=O)cc(Br)c1OCc1ccccc1Cl. The number of hydrogen-bond acceptors (Lipinski definition) is 5. The normalized spacial score (nSPS) is 30.6. The topological polar surface area (TPSA) is 68.2 Å². The van der Waals surface area contributed by atoms with E-state index in [1.807, 2.05) is 30.3 Å². The lowest BCUT2D eigenvalue weighted by Gasteiger charge is -2.37. The molecule has 2 amide bonds. The molecular formula is C26H22BrClN2O4. The smallest absolute Gasteiger partial charge is 0.254 e. The number of amides is 2. The van der Waals surface area contributed by atoms with Gasteiger partial charge < -0.3 is 9.47 Å². The van der Waals surface area contributed by atoms with Gasteiger partial charge in [-0.05, 0) is 69.8 Å². The number of ether oxygens (including phenoxy) is 2. The maximum absolute atomic E-state index is 13.1. The monoisotopic (exact) mass is 540 g/mol. The first-order chi connectivity index (χ1) is 16.5. The fourth-order valence-corrected chi connectivity index (χ4v) is 6.66. The van der Waals surface area contributed by atoms with E-state index in [4.69, 9.17) is 21.1 Å². The van der Waals surface area contributed by atoms with E-state index in [0.29, 0.717) is 38.4 Å². The Hall–Kier alpha value is -2.64. The molecule has 2 aromatic carbocycles. The lowest BCUT2D eigenvalue weighted by atomic mass is 9.63. The highest BCUT2D eigenvalue weighted by atomic mass is 79.9. The molecule has 0 aromatic heterocycles. The average Bonchev–Trinajstić information content (AvgIpc) is 3.62. The number of hydrazone groups is 1. The maximum atomic E-state index is 13.1. The summed E-state index contributed by atoms with van der Waals surface area (Å²) in [5.41, 5.74) is 1.53. The number of allylic oxidation sites excluding steroid dienone is 2. The fraction of sp³-hybridized carbons (Fsp3) is 0.346. The standard InChI is InChI=1S/C26H22BrClN2O4/c1-33-21-9-13(8-19(27)24(21)34-12-14-4-2-3-5-20(14)28)11-29-30-25(31)22-15-6-7-16(18-10-17(15)18)23(22)26(30)32/h2-9,11,15-18,22-23H,10,12H2,1H3/b29-11-/t15-,16-,17-,18+,22-,23+/m0/s1. The summed E-state index contributed by atoms with van der Waals surface area (Å²) >= 11 is 9.77. The van der Waals surface area contributed by atoms with Crippen molar-refractivity contribution in [1.29, 1.82) is 0 Å². The zero-order chi connectivity index (χ0) is 23.6. The van der Waals surface area contributed by atoms with Crippen LogP contribution in [-0.4, -0.2) is 30.1 Å². The van der Waals surface area contributed by atoms with Gasteiger partial charge >= 0.3 is 0 Å². The van der Waals surface area contributed by atoms with Crippen molar-refractivity contribution >= 4 is 45.6 Å². The lowest BCUT2D eigenvalue weighted by Crippen LogP contribution is -2.40. The van der Waals surface area contributed by atoms with Gasteiger partial charge in [0.1, 0.15) is 6.61 Å². The van der Waals surface area contributed by atoms with Crippen molar-refractivity contribution in [2.75, 3.05) is 7.11 Å². The van der Waals surface area contributed by atoms with Gasteiger partial charge in [0.2, 0.25) is 0 Å². The largest absolute Gasteiger partial charge is 0.493 e. The lowest BCUT2D eigenvalue weighted by molar-refractivity contribution is -0.140. The predicted molar refractivity (Wildman–Crippen MR) is 131 cm³/mol. The van der Waals surface area contributed by atoms with E-state index in [9.17, 15) is 9.59 Å². The van der Waals surface area contributed by atoms with Crippen LogP contribution in [0.4, 0.5) is 0 Å². The van der Waals surface area contributed by atoms with Gasteiger partial charge in [0, 0.05) is 10.6 Å². The Bertz CT molecular complexity index is 1230. The minimum Gasteiger partial charge on any atom is -0.493 e. The first-order valence-electron chi connectivity index (χ1n) is 11.3. The second-order valence-electron chi connectivity index (χ2n) is 9.30. The molecule has 0 N–H and O–H groups in total. The summed E-state index contributed by atoms with van der Waals surface area (Å²) < 4.78 is 12.2. The van der Waals surface area contributed by atoms with Gasteiger partial charge in [-0.15, -0.1) is 0 Å². The van der Waals surface area contributed by atoms with Crippen molar-refractivity contribution in [3.8, 4) is 11.5 Å². The van der Waals surface area contributed by atoms with Crippen LogP contribution in [-0.2, 0) is 16.2 Å². The third-order valence-electron chi connectivity index (χ3n) is 7.54. The molecule has 6 nitrogen and oxygen atoms in total. The number of halogens is 2. The molecule has 0 radical (unpaired) electrons. The quantitative estimate of drug-likeness (QED) is 0.291. The molecule has 7 rings (SSSR count). The fourth-order valence-electron chi connectivity index (χ4n) is 5.90. The van der Waals surface area contributed by atoms with E-state index < -0.39 is 0 Å². The minimum atomic E-state index is -0.259. The second-order valence-corrected chi connectivity index (χ2v) is 10.6. The van der Waals surface area contributed by atoms with Crippen molar-refractivity contribution < 1.29 is 19.1 Å². The van der Waals surface area contributed by atoms with Crippen LogP contribution in [0.25, 0.3) is 0 Å². The van der Waals surface area contributed by atoms with Crippen molar-refractivity contribution in [3.63, 3.8) is 0 Å². The molecular weight excluding hydrogens is 520 g/mol. The minimum absolute atomic E-state index is 0.179. The molecule has 34 heavy (non-hydrogen) atoms.